The molecule has 0 unspecified atom stereocenters. The fourth-order valence-electron chi connectivity index (χ4n) is 1.86. The van der Waals surface area contributed by atoms with Gasteiger partial charge in [-0.05, 0) is 23.1 Å². The van der Waals surface area contributed by atoms with Gasteiger partial charge in [-0.3, -0.25) is 4.79 Å². The van der Waals surface area contributed by atoms with Crippen LogP contribution in [0.5, 0.6) is 0 Å². The van der Waals surface area contributed by atoms with E-state index in [9.17, 15) is 4.79 Å². The van der Waals surface area contributed by atoms with Crippen molar-refractivity contribution in [3.8, 4) is 0 Å². The first-order valence-corrected chi connectivity index (χ1v) is 7.43. The van der Waals surface area contributed by atoms with E-state index in [2.05, 4.69) is 20.8 Å². The van der Waals surface area contributed by atoms with Gasteiger partial charge in [0, 0.05) is 16.9 Å². The number of halogens is 1. The van der Waals surface area contributed by atoms with Crippen LogP contribution in [0.2, 0.25) is 4.34 Å². The van der Waals surface area contributed by atoms with Crippen LogP contribution in [0.1, 0.15) is 41.6 Å². The Morgan fingerprint density at radius 2 is 1.74 bits per heavy atom. The molecule has 2 rings (SSSR count). The first kappa shape index (κ1) is 14.3. The molecule has 0 atom stereocenters. The highest BCUT2D eigenvalue weighted by Gasteiger charge is 2.14. The summed E-state index contributed by atoms with van der Waals surface area (Å²) in [5, 5.41) is 0. The highest BCUT2D eigenvalue weighted by atomic mass is 35.5. The predicted octanol–water partition coefficient (Wildman–Crippen LogP) is 5.12. The number of carbonyl (C=O) groups excluding carboxylic acids is 1. The fourth-order valence-corrected chi connectivity index (χ4v) is 2.95. The molecule has 19 heavy (non-hydrogen) atoms. The minimum atomic E-state index is 0.114. The summed E-state index contributed by atoms with van der Waals surface area (Å²) in [5.41, 5.74) is 2.11. The van der Waals surface area contributed by atoms with E-state index in [1.807, 2.05) is 36.4 Å². The van der Waals surface area contributed by atoms with E-state index in [1.165, 1.54) is 16.9 Å². The maximum atomic E-state index is 12.1. The summed E-state index contributed by atoms with van der Waals surface area (Å²) < 4.78 is 0.728. The van der Waals surface area contributed by atoms with Gasteiger partial charge in [0.1, 0.15) is 0 Å². The van der Waals surface area contributed by atoms with Crippen LogP contribution < -0.4 is 0 Å². The molecule has 0 radical (unpaired) electrons. The van der Waals surface area contributed by atoms with Crippen molar-refractivity contribution < 1.29 is 4.79 Å². The minimum Gasteiger partial charge on any atom is -0.294 e. The molecule has 0 saturated heterocycles. The van der Waals surface area contributed by atoms with Crippen molar-refractivity contribution in [3.63, 3.8) is 0 Å². The maximum Gasteiger partial charge on any atom is 0.168 e. The lowest BCUT2D eigenvalue weighted by Gasteiger charge is -2.18. The molecule has 1 aromatic heterocycles. The predicted molar refractivity (Wildman–Crippen MR) is 82.5 cm³/mol. The van der Waals surface area contributed by atoms with E-state index < -0.39 is 0 Å². The molecule has 0 aliphatic heterocycles. The van der Waals surface area contributed by atoms with Crippen LogP contribution in [0.4, 0.5) is 0 Å². The first-order chi connectivity index (χ1) is 8.86. The minimum absolute atomic E-state index is 0.114. The quantitative estimate of drug-likeness (QED) is 0.717. The molecular formula is C16H17ClOS. The van der Waals surface area contributed by atoms with E-state index in [0.29, 0.717) is 6.42 Å². The Balaban J connectivity index is 2.12. The molecule has 0 fully saturated rings. The van der Waals surface area contributed by atoms with Gasteiger partial charge in [0.15, 0.2) is 5.78 Å². The normalized spacial score (nSPS) is 11.6. The molecule has 1 nitrogen and oxygen atoms in total. The third kappa shape index (κ3) is 3.68. The molecule has 0 amide bonds. The van der Waals surface area contributed by atoms with Gasteiger partial charge in [-0.15, -0.1) is 11.3 Å². The third-order valence-electron chi connectivity index (χ3n) is 3.04. The van der Waals surface area contributed by atoms with Crippen LogP contribution in [0.25, 0.3) is 0 Å². The zero-order valence-corrected chi connectivity index (χ0v) is 12.9. The van der Waals surface area contributed by atoms with Gasteiger partial charge >= 0.3 is 0 Å². The number of thiophene rings is 1. The summed E-state index contributed by atoms with van der Waals surface area (Å²) in [6.07, 6.45) is 0.423. The number of ketones is 1. The Bertz CT molecular complexity index is 576. The summed E-state index contributed by atoms with van der Waals surface area (Å²) in [6, 6.07) is 11.6. The van der Waals surface area contributed by atoms with Crippen molar-refractivity contribution in [2.24, 2.45) is 0 Å². The zero-order valence-electron chi connectivity index (χ0n) is 11.4. The lowest BCUT2D eigenvalue weighted by atomic mass is 9.86. The number of carbonyl (C=O) groups is 1. The van der Waals surface area contributed by atoms with Crippen molar-refractivity contribution in [2.45, 2.75) is 32.6 Å². The van der Waals surface area contributed by atoms with Crippen molar-refractivity contribution in [1.29, 1.82) is 0 Å². The van der Waals surface area contributed by atoms with Gasteiger partial charge in [0.25, 0.3) is 0 Å². The Hall–Kier alpha value is -1.12. The largest absolute Gasteiger partial charge is 0.294 e. The number of rotatable bonds is 3. The Kier molecular flexibility index (Phi) is 4.12. The van der Waals surface area contributed by atoms with Crippen molar-refractivity contribution in [2.75, 3.05) is 0 Å². The van der Waals surface area contributed by atoms with Gasteiger partial charge < -0.3 is 0 Å². The summed E-state index contributed by atoms with van der Waals surface area (Å²) in [7, 11) is 0. The van der Waals surface area contributed by atoms with Crippen LogP contribution in [0.3, 0.4) is 0 Å². The molecule has 100 valence electrons. The topological polar surface area (TPSA) is 17.1 Å². The maximum absolute atomic E-state index is 12.1. The Labute approximate surface area is 123 Å². The van der Waals surface area contributed by atoms with Gasteiger partial charge in [-0.2, -0.15) is 0 Å². The highest BCUT2D eigenvalue weighted by molar-refractivity contribution is 7.16. The van der Waals surface area contributed by atoms with Crippen LogP contribution in [0.15, 0.2) is 36.4 Å². The van der Waals surface area contributed by atoms with E-state index >= 15 is 0 Å². The molecule has 2 aromatic rings. The van der Waals surface area contributed by atoms with Gasteiger partial charge in [0.2, 0.25) is 0 Å². The van der Waals surface area contributed by atoms with Gasteiger partial charge in [-0.25, -0.2) is 0 Å². The van der Waals surface area contributed by atoms with Crippen LogP contribution in [0, 0.1) is 0 Å². The number of hydrogen-bond donors (Lipinski definition) is 0. The second-order valence-corrected chi connectivity index (χ2v) is 7.43. The van der Waals surface area contributed by atoms with Crippen molar-refractivity contribution in [3.05, 3.63) is 56.7 Å². The van der Waals surface area contributed by atoms with Crippen LogP contribution in [-0.2, 0) is 11.8 Å². The molecule has 1 heterocycles. The van der Waals surface area contributed by atoms with Crippen molar-refractivity contribution >= 4 is 28.7 Å². The number of Topliss-reactive ketones (excluding diaryl/α,β-unsaturated/α-hetero) is 1. The lowest BCUT2D eigenvalue weighted by molar-refractivity contribution is 0.0994. The highest BCUT2D eigenvalue weighted by Crippen LogP contribution is 2.24. The van der Waals surface area contributed by atoms with Crippen molar-refractivity contribution in [1.82, 2.24) is 0 Å². The second-order valence-electron chi connectivity index (χ2n) is 5.63. The fraction of sp³-hybridized carbons (Fsp3) is 0.312. The van der Waals surface area contributed by atoms with E-state index in [-0.39, 0.29) is 11.2 Å². The average molecular weight is 293 g/mol. The van der Waals surface area contributed by atoms with E-state index in [0.717, 1.165) is 14.8 Å². The monoisotopic (exact) mass is 292 g/mol. The van der Waals surface area contributed by atoms with Gasteiger partial charge in [0.05, 0.1) is 4.34 Å². The molecule has 0 spiro atoms. The molecule has 1 aromatic carbocycles. The van der Waals surface area contributed by atoms with Gasteiger partial charge in [-0.1, -0.05) is 56.6 Å². The summed E-state index contributed by atoms with van der Waals surface area (Å²) in [4.78, 5) is 13.2. The lowest BCUT2D eigenvalue weighted by Crippen LogP contribution is -2.11. The third-order valence-corrected chi connectivity index (χ3v) is 4.27. The molecule has 0 saturated carbocycles. The molecule has 0 aliphatic carbocycles. The molecule has 0 N–H and O–H groups in total. The van der Waals surface area contributed by atoms with Crippen LogP contribution >= 0.6 is 22.9 Å². The summed E-state index contributed by atoms with van der Waals surface area (Å²) in [6.45, 7) is 6.49. The Morgan fingerprint density at radius 1 is 1.11 bits per heavy atom. The smallest absolute Gasteiger partial charge is 0.168 e. The number of hydrogen-bond acceptors (Lipinski definition) is 2. The number of benzene rings is 1. The molecule has 0 aliphatic rings. The summed E-state index contributed by atoms with van der Waals surface area (Å²) in [5.74, 6) is 0.138. The Morgan fingerprint density at radius 3 is 2.21 bits per heavy atom. The average Bonchev–Trinajstić information content (AvgIpc) is 2.74. The second kappa shape index (κ2) is 5.48. The first-order valence-electron chi connectivity index (χ1n) is 6.24. The molecular weight excluding hydrogens is 276 g/mol. The standard InChI is InChI=1S/C16H17ClOS/c1-16(2,3)12-6-4-11(5-7-12)14(18)10-13-8-9-15(17)19-13/h4-9H,10H2,1-3H3. The summed E-state index contributed by atoms with van der Waals surface area (Å²) >= 11 is 7.33. The molecule has 0 bridgehead atoms. The van der Waals surface area contributed by atoms with E-state index in [4.69, 9.17) is 11.6 Å². The van der Waals surface area contributed by atoms with Crippen LogP contribution in [-0.4, -0.2) is 5.78 Å². The SMILES string of the molecule is CC(C)(C)c1ccc(C(=O)Cc2ccc(Cl)s2)cc1. The zero-order chi connectivity index (χ0) is 14.0. The van der Waals surface area contributed by atoms with E-state index in [1.54, 1.807) is 0 Å². The molecule has 3 heteroatoms.